The molecule has 3 saturated carbocycles. The van der Waals surface area contributed by atoms with Gasteiger partial charge in [-0.1, -0.05) is 81.3 Å². The summed E-state index contributed by atoms with van der Waals surface area (Å²) in [5.41, 5.74) is -0.711. The summed E-state index contributed by atoms with van der Waals surface area (Å²) in [7, 11) is 1.72. The minimum Gasteiger partial charge on any atom is -0.481 e. The van der Waals surface area contributed by atoms with E-state index in [-0.39, 0.29) is 36.6 Å². The molecule has 7 nitrogen and oxygen atoms in total. The highest BCUT2D eigenvalue weighted by atomic mass is 16.7. The first-order valence-corrected chi connectivity index (χ1v) is 16.3. The van der Waals surface area contributed by atoms with Crippen molar-refractivity contribution in [1.82, 2.24) is 4.90 Å². The van der Waals surface area contributed by atoms with Crippen molar-refractivity contribution in [1.29, 1.82) is 0 Å². The quantitative estimate of drug-likeness (QED) is 0.276. The molecule has 4 aliphatic carbocycles. The zero-order valence-electron chi connectivity index (χ0n) is 26.4. The number of methoxy groups -OCH3 is 1. The highest BCUT2D eigenvalue weighted by Gasteiger charge is 2.84. The number of ether oxygens (including phenoxy) is 3. The van der Waals surface area contributed by atoms with E-state index in [1.54, 1.807) is 7.11 Å². The van der Waals surface area contributed by atoms with E-state index in [2.05, 4.69) is 56.0 Å². The molecule has 10 atom stereocenters. The number of allylic oxidation sites excluding steroid dienone is 1. The van der Waals surface area contributed by atoms with Crippen molar-refractivity contribution in [3.05, 3.63) is 53.6 Å². The summed E-state index contributed by atoms with van der Waals surface area (Å²) in [6.07, 6.45) is 10.1. The third kappa shape index (κ3) is 4.52. The van der Waals surface area contributed by atoms with E-state index in [1.165, 1.54) is 0 Å². The molecule has 2 unspecified atom stereocenters. The third-order valence-electron chi connectivity index (χ3n) is 12.2. The zero-order valence-corrected chi connectivity index (χ0v) is 26.4. The fraction of sp³-hybridized carbons (Fsp3) is 0.667. The van der Waals surface area contributed by atoms with Gasteiger partial charge in [-0.3, -0.25) is 9.69 Å². The van der Waals surface area contributed by atoms with Gasteiger partial charge in [-0.15, -0.1) is 0 Å². The Hall–Kier alpha value is -2.32. The van der Waals surface area contributed by atoms with E-state index >= 15 is 0 Å². The van der Waals surface area contributed by atoms with Crippen LogP contribution in [0.4, 0.5) is 0 Å². The van der Waals surface area contributed by atoms with Crippen LogP contribution in [0.15, 0.2) is 48.1 Å². The Morgan fingerprint density at radius 1 is 1.16 bits per heavy atom. The van der Waals surface area contributed by atoms with Crippen LogP contribution in [0, 0.1) is 45.8 Å². The summed E-state index contributed by atoms with van der Waals surface area (Å²) < 4.78 is 19.1. The second-order valence-electron chi connectivity index (χ2n) is 14.4. The van der Waals surface area contributed by atoms with Crippen LogP contribution in [0.25, 0.3) is 6.08 Å². The molecule has 0 amide bonds. The van der Waals surface area contributed by atoms with Crippen LogP contribution in [-0.2, 0) is 23.8 Å². The van der Waals surface area contributed by atoms with Gasteiger partial charge in [0.15, 0.2) is 6.29 Å². The Balaban J connectivity index is 1.30. The van der Waals surface area contributed by atoms with Crippen LogP contribution in [0.3, 0.4) is 0 Å². The molecule has 6 rings (SSSR count). The fourth-order valence-corrected chi connectivity index (χ4v) is 10.3. The van der Waals surface area contributed by atoms with Crippen molar-refractivity contribution in [2.45, 2.75) is 71.9 Å². The standard InChI is InChI=1S/C36H49NO6/c1-23(2)30-16-27-17-34(21-38)29-14-13-24(3)28(29)18-35(27,36(30,34)33(39)40)22-42-32-20-37(19-31(41-5)25(4)43-32)15-9-12-26-10-7-6-8-11-26/h6-12,16,21,23-25,27-29,31-32H,13-15,17-20,22H2,1-5H3,(H,39,40)/b12-9+/t24-,25-,27?,28-,29-,31+,32-,34+,35?,36+/m1/s1. The Bertz CT molecular complexity index is 1260. The lowest BCUT2D eigenvalue weighted by molar-refractivity contribution is -0.219. The van der Waals surface area contributed by atoms with E-state index in [9.17, 15) is 14.7 Å². The summed E-state index contributed by atoms with van der Waals surface area (Å²) in [5, 5.41) is 11.3. The van der Waals surface area contributed by atoms with Crippen molar-refractivity contribution in [2.24, 2.45) is 45.8 Å². The average Bonchev–Trinajstić information content (AvgIpc) is 3.51. The van der Waals surface area contributed by atoms with Gasteiger partial charge >= 0.3 is 5.97 Å². The predicted octanol–water partition coefficient (Wildman–Crippen LogP) is 5.70. The summed E-state index contributed by atoms with van der Waals surface area (Å²) in [5.74, 6) is 0.113. The monoisotopic (exact) mass is 591 g/mol. The van der Waals surface area contributed by atoms with Crippen LogP contribution >= 0.6 is 0 Å². The Kier molecular flexibility index (Phi) is 8.25. The number of carboxylic acid groups (broad SMARTS) is 1. The smallest absolute Gasteiger partial charge is 0.315 e. The number of benzene rings is 1. The molecule has 0 aromatic heterocycles. The molecule has 5 aliphatic rings. The second-order valence-corrected chi connectivity index (χ2v) is 14.4. The number of fused-ring (bicyclic) bond motifs is 2. The molecule has 234 valence electrons. The highest BCUT2D eigenvalue weighted by molar-refractivity contribution is 5.90. The first-order valence-electron chi connectivity index (χ1n) is 16.3. The number of aldehydes is 1. The number of rotatable bonds is 10. The first kappa shape index (κ1) is 30.7. The van der Waals surface area contributed by atoms with E-state index < -0.39 is 28.5 Å². The van der Waals surface area contributed by atoms with Crippen LogP contribution in [0.5, 0.6) is 0 Å². The van der Waals surface area contributed by atoms with Gasteiger partial charge in [0.1, 0.15) is 11.7 Å². The molecule has 1 aromatic rings. The van der Waals surface area contributed by atoms with Gasteiger partial charge in [0.2, 0.25) is 0 Å². The third-order valence-corrected chi connectivity index (χ3v) is 12.2. The van der Waals surface area contributed by atoms with E-state index in [4.69, 9.17) is 14.2 Å². The maximum absolute atomic E-state index is 13.8. The Morgan fingerprint density at radius 3 is 2.60 bits per heavy atom. The average molecular weight is 592 g/mol. The maximum atomic E-state index is 13.8. The topological polar surface area (TPSA) is 85.3 Å². The molecule has 1 heterocycles. The molecule has 1 saturated heterocycles. The number of hydrogen-bond donors (Lipinski definition) is 1. The molecule has 4 bridgehead atoms. The Morgan fingerprint density at radius 2 is 1.93 bits per heavy atom. The fourth-order valence-electron chi connectivity index (χ4n) is 10.3. The van der Waals surface area contributed by atoms with Crippen LogP contribution < -0.4 is 0 Å². The van der Waals surface area contributed by atoms with Gasteiger partial charge in [0.05, 0.1) is 24.2 Å². The first-order chi connectivity index (χ1) is 20.6. The van der Waals surface area contributed by atoms with Gasteiger partial charge in [-0.2, -0.15) is 0 Å². The lowest BCUT2D eigenvalue weighted by atomic mass is 9.43. The van der Waals surface area contributed by atoms with Gasteiger partial charge in [-0.05, 0) is 61.3 Å². The molecule has 0 spiro atoms. The minimum absolute atomic E-state index is 0.00355. The van der Waals surface area contributed by atoms with Gasteiger partial charge in [-0.25, -0.2) is 0 Å². The molecule has 7 heteroatoms. The molecule has 4 fully saturated rings. The number of carboxylic acids is 1. The molecular weight excluding hydrogens is 542 g/mol. The summed E-state index contributed by atoms with van der Waals surface area (Å²) in [4.78, 5) is 29.4. The van der Waals surface area contributed by atoms with Crippen molar-refractivity contribution < 1.29 is 28.9 Å². The number of carbonyl (C=O) groups is 2. The van der Waals surface area contributed by atoms with Crippen molar-refractivity contribution in [3.63, 3.8) is 0 Å². The molecule has 1 aliphatic heterocycles. The van der Waals surface area contributed by atoms with Crippen molar-refractivity contribution >= 4 is 18.3 Å². The minimum atomic E-state index is -1.24. The van der Waals surface area contributed by atoms with E-state index in [0.29, 0.717) is 37.9 Å². The van der Waals surface area contributed by atoms with E-state index in [1.807, 2.05) is 25.1 Å². The second kappa shape index (κ2) is 11.6. The lowest BCUT2D eigenvalue weighted by Crippen LogP contribution is -2.63. The molecular formula is C36H49NO6. The van der Waals surface area contributed by atoms with Gasteiger partial charge in [0.25, 0.3) is 0 Å². The number of aliphatic carboxylic acids is 1. The maximum Gasteiger partial charge on any atom is 0.315 e. The van der Waals surface area contributed by atoms with Gasteiger partial charge < -0.3 is 24.1 Å². The van der Waals surface area contributed by atoms with Crippen molar-refractivity contribution in [3.8, 4) is 0 Å². The van der Waals surface area contributed by atoms with E-state index in [0.717, 1.165) is 36.7 Å². The lowest BCUT2D eigenvalue weighted by Gasteiger charge is -2.58. The summed E-state index contributed by atoms with van der Waals surface area (Å²) in [6, 6.07) is 10.2. The van der Waals surface area contributed by atoms with Crippen LogP contribution in [-0.4, -0.2) is 74.1 Å². The largest absolute Gasteiger partial charge is 0.481 e. The Labute approximate surface area is 256 Å². The molecule has 0 radical (unpaired) electrons. The summed E-state index contributed by atoms with van der Waals surface area (Å²) >= 11 is 0. The zero-order chi connectivity index (χ0) is 30.6. The van der Waals surface area contributed by atoms with Crippen LogP contribution in [0.1, 0.15) is 58.9 Å². The van der Waals surface area contributed by atoms with Crippen molar-refractivity contribution in [2.75, 3.05) is 33.4 Å². The van der Waals surface area contributed by atoms with Crippen LogP contribution in [0.2, 0.25) is 0 Å². The van der Waals surface area contributed by atoms with Gasteiger partial charge in [0, 0.05) is 32.2 Å². The predicted molar refractivity (Wildman–Crippen MR) is 165 cm³/mol. The molecule has 43 heavy (non-hydrogen) atoms. The number of carbonyl (C=O) groups excluding carboxylic acids is 1. The molecule has 1 N–H and O–H groups in total. The number of hydrogen-bond acceptors (Lipinski definition) is 6. The molecule has 1 aromatic carbocycles. The highest BCUT2D eigenvalue weighted by Crippen LogP contribution is 2.82. The SMILES string of the molecule is CO[C@H]1CN(C/C=C/c2ccccc2)C[C@H](OCC23C[C@@H]4[C@H](C)CC[C@H]4[C@@]4(C=O)CC2C=C(C(C)C)[C@@]34C(=O)O)O[C@@H]1C. The number of nitrogens with zero attached hydrogens (tertiary/aromatic N) is 1. The summed E-state index contributed by atoms with van der Waals surface area (Å²) in [6.45, 7) is 10.7. The normalized spacial score (nSPS) is 42.3.